The van der Waals surface area contributed by atoms with Gasteiger partial charge >= 0.3 is 5.97 Å². The van der Waals surface area contributed by atoms with Crippen molar-refractivity contribution in [1.82, 2.24) is 0 Å². The van der Waals surface area contributed by atoms with Crippen molar-refractivity contribution in [2.75, 3.05) is 0 Å². The first kappa shape index (κ1) is 22.9. The molecule has 0 aliphatic heterocycles. The van der Waals surface area contributed by atoms with Gasteiger partial charge in [-0.2, -0.15) is 0 Å². The van der Waals surface area contributed by atoms with Gasteiger partial charge in [0.05, 0.1) is 5.02 Å². The van der Waals surface area contributed by atoms with E-state index in [1.807, 2.05) is 48.5 Å². The van der Waals surface area contributed by atoms with E-state index in [2.05, 4.69) is 30.3 Å². The number of furan rings is 1. The molecule has 0 amide bonds. The highest BCUT2D eigenvalue weighted by atomic mass is 35.5. The monoisotopic (exact) mass is 504 g/mol. The van der Waals surface area contributed by atoms with Crippen molar-refractivity contribution in [3.05, 3.63) is 126 Å². The van der Waals surface area contributed by atoms with E-state index in [1.165, 1.54) is 0 Å². The van der Waals surface area contributed by atoms with Gasteiger partial charge in [0, 0.05) is 21.9 Å². The largest absolute Gasteiger partial charge is 0.478 e. The van der Waals surface area contributed by atoms with Gasteiger partial charge in [0.25, 0.3) is 0 Å². The molecule has 0 bridgehead atoms. The third-order valence-corrected chi connectivity index (χ3v) is 6.73. The Morgan fingerprint density at radius 1 is 0.730 bits per heavy atom. The topological polar surface area (TPSA) is 59.7 Å². The minimum Gasteiger partial charge on any atom is -0.478 e. The molecule has 5 aromatic carbocycles. The zero-order valence-corrected chi connectivity index (χ0v) is 20.4. The van der Waals surface area contributed by atoms with Gasteiger partial charge < -0.3 is 14.3 Å². The molecule has 1 atom stereocenters. The van der Waals surface area contributed by atoms with Gasteiger partial charge in [-0.05, 0) is 34.9 Å². The SMILES string of the molecule is O=C(O)C(Oc1ccc(-c2ccc(-c3cccc4c3oc3ccccc34)cc2)cc1Cl)c1ccccc1. The molecule has 1 N–H and O–H groups in total. The van der Waals surface area contributed by atoms with Crippen LogP contribution in [0.5, 0.6) is 5.75 Å². The Kier molecular flexibility index (Phi) is 5.87. The number of carboxylic acid groups (broad SMARTS) is 1. The Labute approximate surface area is 218 Å². The van der Waals surface area contributed by atoms with Crippen molar-refractivity contribution in [2.24, 2.45) is 0 Å². The van der Waals surface area contributed by atoms with Gasteiger partial charge in [-0.3, -0.25) is 0 Å². The number of fused-ring (bicyclic) bond motifs is 3. The van der Waals surface area contributed by atoms with E-state index >= 15 is 0 Å². The second-order valence-electron chi connectivity index (χ2n) is 8.75. The van der Waals surface area contributed by atoms with E-state index in [4.69, 9.17) is 20.8 Å². The molecule has 0 fully saturated rings. The maximum Gasteiger partial charge on any atom is 0.349 e. The summed E-state index contributed by atoms with van der Waals surface area (Å²) in [6.45, 7) is 0. The van der Waals surface area contributed by atoms with Crippen LogP contribution in [-0.2, 0) is 4.79 Å². The summed E-state index contributed by atoms with van der Waals surface area (Å²) in [5.41, 5.74) is 6.24. The summed E-state index contributed by atoms with van der Waals surface area (Å²) in [7, 11) is 0. The zero-order valence-electron chi connectivity index (χ0n) is 19.6. The molecule has 0 saturated carbocycles. The summed E-state index contributed by atoms with van der Waals surface area (Å²) in [5.74, 6) is -0.767. The number of rotatable bonds is 6. The number of halogens is 1. The number of ether oxygens (including phenoxy) is 1. The van der Waals surface area contributed by atoms with Crippen LogP contribution < -0.4 is 4.74 Å². The second kappa shape index (κ2) is 9.49. The molecule has 6 rings (SSSR count). The van der Waals surface area contributed by atoms with Gasteiger partial charge in [0.2, 0.25) is 6.10 Å². The number of aliphatic carboxylic acids is 1. The molecule has 0 aliphatic rings. The maximum absolute atomic E-state index is 11.8. The standard InChI is InChI=1S/C32H21ClO4/c33-27-19-23(17-18-29(27)37-30(32(34)35)22-7-2-1-3-8-22)20-13-15-21(16-14-20)24-10-6-11-26-25-9-4-5-12-28(25)36-31(24)26/h1-19,30H,(H,34,35). The molecule has 5 heteroatoms. The molecule has 0 saturated heterocycles. The van der Waals surface area contributed by atoms with Crippen LogP contribution in [0.4, 0.5) is 0 Å². The van der Waals surface area contributed by atoms with E-state index in [1.54, 1.807) is 36.4 Å². The first-order chi connectivity index (χ1) is 18.1. The molecule has 37 heavy (non-hydrogen) atoms. The van der Waals surface area contributed by atoms with Crippen molar-refractivity contribution in [3.8, 4) is 28.0 Å². The summed E-state index contributed by atoms with van der Waals surface area (Å²) < 4.78 is 12.0. The number of carboxylic acids is 1. The molecule has 1 unspecified atom stereocenters. The highest BCUT2D eigenvalue weighted by Gasteiger charge is 2.23. The van der Waals surface area contributed by atoms with Crippen LogP contribution in [-0.4, -0.2) is 11.1 Å². The molecular formula is C32H21ClO4. The van der Waals surface area contributed by atoms with Gasteiger partial charge in [0.15, 0.2) is 0 Å². The number of benzene rings is 5. The second-order valence-corrected chi connectivity index (χ2v) is 9.16. The minimum atomic E-state index is -1.15. The number of para-hydroxylation sites is 2. The van der Waals surface area contributed by atoms with Crippen LogP contribution in [0.3, 0.4) is 0 Å². The van der Waals surface area contributed by atoms with Crippen LogP contribution in [0.25, 0.3) is 44.2 Å². The Bertz CT molecular complexity index is 1740. The molecular weight excluding hydrogens is 484 g/mol. The van der Waals surface area contributed by atoms with Gasteiger partial charge in [-0.15, -0.1) is 0 Å². The van der Waals surface area contributed by atoms with Gasteiger partial charge in [-0.1, -0.05) is 109 Å². The normalized spacial score (nSPS) is 12.0. The molecule has 4 nitrogen and oxygen atoms in total. The maximum atomic E-state index is 11.8. The Hall–Kier alpha value is -4.54. The van der Waals surface area contributed by atoms with Crippen molar-refractivity contribution < 1.29 is 19.1 Å². The van der Waals surface area contributed by atoms with E-state index in [0.29, 0.717) is 16.3 Å². The molecule has 1 heterocycles. The molecule has 180 valence electrons. The summed E-state index contributed by atoms with van der Waals surface area (Å²) >= 11 is 6.52. The van der Waals surface area contributed by atoms with Crippen LogP contribution in [0, 0.1) is 0 Å². The zero-order chi connectivity index (χ0) is 25.4. The fraction of sp³-hybridized carbons (Fsp3) is 0.0312. The molecule has 6 aromatic rings. The first-order valence-electron chi connectivity index (χ1n) is 11.8. The lowest BCUT2D eigenvalue weighted by molar-refractivity contribution is -0.145. The number of carbonyl (C=O) groups is 1. The van der Waals surface area contributed by atoms with E-state index < -0.39 is 12.1 Å². The Morgan fingerprint density at radius 3 is 2.16 bits per heavy atom. The lowest BCUT2D eigenvalue weighted by atomic mass is 9.99. The van der Waals surface area contributed by atoms with Crippen LogP contribution in [0.15, 0.2) is 120 Å². The van der Waals surface area contributed by atoms with E-state index in [-0.39, 0.29) is 0 Å². The predicted octanol–water partition coefficient (Wildman–Crippen LogP) is 8.78. The number of hydrogen-bond acceptors (Lipinski definition) is 3. The lowest BCUT2D eigenvalue weighted by Gasteiger charge is -2.17. The Morgan fingerprint density at radius 2 is 1.41 bits per heavy atom. The van der Waals surface area contributed by atoms with Crippen LogP contribution >= 0.6 is 11.6 Å². The minimum absolute atomic E-state index is 0.315. The fourth-order valence-corrected chi connectivity index (χ4v) is 4.83. The fourth-order valence-electron chi connectivity index (χ4n) is 4.61. The summed E-state index contributed by atoms with van der Waals surface area (Å²) in [6, 6.07) is 36.6. The summed E-state index contributed by atoms with van der Waals surface area (Å²) in [5, 5.41) is 12.2. The van der Waals surface area contributed by atoms with Crippen molar-refractivity contribution in [1.29, 1.82) is 0 Å². The average Bonchev–Trinajstić information content (AvgIpc) is 3.32. The van der Waals surface area contributed by atoms with E-state index in [0.717, 1.165) is 44.2 Å². The predicted molar refractivity (Wildman–Crippen MR) is 147 cm³/mol. The lowest BCUT2D eigenvalue weighted by Crippen LogP contribution is -2.18. The highest BCUT2D eigenvalue weighted by Crippen LogP contribution is 2.37. The van der Waals surface area contributed by atoms with Crippen molar-refractivity contribution >= 4 is 39.5 Å². The van der Waals surface area contributed by atoms with Gasteiger partial charge in [-0.25, -0.2) is 4.79 Å². The molecule has 1 aromatic heterocycles. The van der Waals surface area contributed by atoms with Crippen LogP contribution in [0.2, 0.25) is 5.02 Å². The highest BCUT2D eigenvalue weighted by molar-refractivity contribution is 6.32. The molecule has 0 aliphatic carbocycles. The third kappa shape index (κ3) is 4.32. The van der Waals surface area contributed by atoms with E-state index in [9.17, 15) is 9.90 Å². The number of hydrogen-bond donors (Lipinski definition) is 1. The molecule has 0 radical (unpaired) electrons. The van der Waals surface area contributed by atoms with Crippen molar-refractivity contribution in [3.63, 3.8) is 0 Å². The van der Waals surface area contributed by atoms with Crippen LogP contribution in [0.1, 0.15) is 11.7 Å². The first-order valence-corrected chi connectivity index (χ1v) is 12.2. The Balaban J connectivity index is 1.29. The summed E-state index contributed by atoms with van der Waals surface area (Å²) in [6.07, 6.45) is -1.15. The third-order valence-electron chi connectivity index (χ3n) is 6.44. The van der Waals surface area contributed by atoms with Crippen molar-refractivity contribution in [2.45, 2.75) is 6.10 Å². The summed E-state index contributed by atoms with van der Waals surface area (Å²) in [4.78, 5) is 11.8. The average molecular weight is 505 g/mol. The molecule has 0 spiro atoms. The smallest absolute Gasteiger partial charge is 0.349 e. The quantitative estimate of drug-likeness (QED) is 0.246. The van der Waals surface area contributed by atoms with Gasteiger partial charge in [0.1, 0.15) is 16.9 Å².